The zero-order valence-electron chi connectivity index (χ0n) is 12.0. The van der Waals surface area contributed by atoms with Crippen LogP contribution >= 0.6 is 11.6 Å². The summed E-state index contributed by atoms with van der Waals surface area (Å²) in [6.45, 7) is 2.28. The fourth-order valence-corrected chi connectivity index (χ4v) is 1.74. The van der Waals surface area contributed by atoms with Crippen LogP contribution in [0.15, 0.2) is 30.5 Å². The molecule has 4 N–H and O–H groups in total. The molecular formula is C14H17ClN4O3. The molecule has 2 rings (SSSR count). The van der Waals surface area contributed by atoms with Crippen molar-refractivity contribution in [2.24, 2.45) is 0 Å². The second-order valence-corrected chi connectivity index (χ2v) is 4.83. The summed E-state index contributed by atoms with van der Waals surface area (Å²) in [4.78, 5) is 8.00. The van der Waals surface area contributed by atoms with Gasteiger partial charge in [-0.3, -0.25) is 0 Å². The number of anilines is 2. The lowest BCUT2D eigenvalue weighted by molar-refractivity contribution is -0.0811. The molecule has 1 unspecified atom stereocenters. The third-order valence-electron chi connectivity index (χ3n) is 2.57. The van der Waals surface area contributed by atoms with Crippen molar-refractivity contribution in [1.29, 1.82) is 0 Å². The van der Waals surface area contributed by atoms with Crippen LogP contribution in [0.4, 0.5) is 11.8 Å². The number of ether oxygens (including phenoxy) is 2. The molecule has 0 aliphatic rings. The van der Waals surface area contributed by atoms with E-state index in [4.69, 9.17) is 31.9 Å². The van der Waals surface area contributed by atoms with Gasteiger partial charge in [-0.15, -0.1) is 0 Å². The van der Waals surface area contributed by atoms with Crippen molar-refractivity contribution in [3.8, 4) is 11.5 Å². The van der Waals surface area contributed by atoms with Gasteiger partial charge < -0.3 is 25.6 Å². The first-order valence-electron chi connectivity index (χ1n) is 6.64. The van der Waals surface area contributed by atoms with Gasteiger partial charge in [-0.2, -0.15) is 4.98 Å². The number of benzene rings is 1. The summed E-state index contributed by atoms with van der Waals surface area (Å²) in [5.74, 6) is 1.59. The number of aliphatic hydroxyl groups excluding tert-OH is 1. The molecule has 8 heteroatoms. The molecular weight excluding hydrogens is 308 g/mol. The third kappa shape index (κ3) is 5.03. The topological polar surface area (TPSA) is 103 Å². The Bertz CT molecular complexity index is 608. The number of nitrogens with zero attached hydrogens (tertiary/aromatic N) is 2. The van der Waals surface area contributed by atoms with E-state index in [-0.39, 0.29) is 5.95 Å². The van der Waals surface area contributed by atoms with Gasteiger partial charge in [-0.1, -0.05) is 11.6 Å². The van der Waals surface area contributed by atoms with Crippen molar-refractivity contribution in [2.45, 2.75) is 13.2 Å². The average molecular weight is 325 g/mol. The van der Waals surface area contributed by atoms with Gasteiger partial charge in [0.15, 0.2) is 17.9 Å². The third-order valence-corrected chi connectivity index (χ3v) is 2.82. The molecule has 0 radical (unpaired) electrons. The monoisotopic (exact) mass is 324 g/mol. The van der Waals surface area contributed by atoms with Crippen molar-refractivity contribution in [3.63, 3.8) is 0 Å². The lowest BCUT2D eigenvalue weighted by Gasteiger charge is -2.13. The number of nitrogens with one attached hydrogen (secondary N) is 1. The van der Waals surface area contributed by atoms with Gasteiger partial charge in [0.1, 0.15) is 5.75 Å². The van der Waals surface area contributed by atoms with Crippen LogP contribution in [0.3, 0.4) is 0 Å². The van der Waals surface area contributed by atoms with Crippen molar-refractivity contribution >= 4 is 23.4 Å². The Labute approximate surface area is 133 Å². The molecule has 1 aromatic heterocycles. The zero-order chi connectivity index (χ0) is 15.9. The van der Waals surface area contributed by atoms with E-state index in [0.717, 1.165) is 0 Å². The molecule has 0 saturated heterocycles. The lowest BCUT2D eigenvalue weighted by atomic mass is 10.3. The Balaban J connectivity index is 2.05. The number of rotatable bonds is 7. The first kappa shape index (κ1) is 16.3. The minimum Gasteiger partial charge on any atom is -0.452 e. The van der Waals surface area contributed by atoms with E-state index >= 15 is 0 Å². The van der Waals surface area contributed by atoms with Crippen molar-refractivity contribution < 1.29 is 14.6 Å². The number of hydrogen-bond donors (Lipinski definition) is 3. The summed E-state index contributed by atoms with van der Waals surface area (Å²) in [6.07, 6.45) is 0.663. The Kier molecular flexibility index (Phi) is 5.76. The van der Waals surface area contributed by atoms with E-state index in [0.29, 0.717) is 35.5 Å². The highest BCUT2D eigenvalue weighted by Gasteiger charge is 2.08. The SMILES string of the molecule is CC(O)OCCNc1nc(N)ncc1Oc1ccc(Cl)cc1. The largest absolute Gasteiger partial charge is 0.452 e. The number of nitrogen functional groups attached to an aromatic ring is 1. The molecule has 1 heterocycles. The number of aromatic nitrogens is 2. The summed E-state index contributed by atoms with van der Waals surface area (Å²) in [6, 6.07) is 6.91. The van der Waals surface area contributed by atoms with Gasteiger partial charge in [0.05, 0.1) is 12.8 Å². The van der Waals surface area contributed by atoms with Crippen LogP contribution in [0.25, 0.3) is 0 Å². The van der Waals surface area contributed by atoms with E-state index < -0.39 is 6.29 Å². The molecule has 2 aromatic rings. The highest BCUT2D eigenvalue weighted by atomic mass is 35.5. The molecule has 0 bridgehead atoms. The molecule has 0 fully saturated rings. The first-order valence-corrected chi connectivity index (χ1v) is 7.02. The van der Waals surface area contributed by atoms with E-state index in [2.05, 4.69) is 15.3 Å². The Morgan fingerprint density at radius 2 is 2.09 bits per heavy atom. The van der Waals surface area contributed by atoms with Crippen molar-refractivity contribution in [3.05, 3.63) is 35.5 Å². The van der Waals surface area contributed by atoms with Crippen LogP contribution in [-0.2, 0) is 4.74 Å². The van der Waals surface area contributed by atoms with Gasteiger partial charge >= 0.3 is 0 Å². The number of nitrogens with two attached hydrogens (primary N) is 1. The highest BCUT2D eigenvalue weighted by molar-refractivity contribution is 6.30. The van der Waals surface area contributed by atoms with E-state index in [1.165, 1.54) is 13.1 Å². The minimum atomic E-state index is -0.818. The molecule has 0 saturated carbocycles. The van der Waals surface area contributed by atoms with E-state index in [9.17, 15) is 0 Å². The summed E-state index contributed by atoms with van der Waals surface area (Å²) in [5, 5.41) is 12.7. The van der Waals surface area contributed by atoms with Crippen LogP contribution in [0.1, 0.15) is 6.92 Å². The van der Waals surface area contributed by atoms with Gasteiger partial charge in [-0.25, -0.2) is 4.98 Å². The van der Waals surface area contributed by atoms with E-state index in [1.54, 1.807) is 24.3 Å². The molecule has 1 atom stereocenters. The normalized spacial score (nSPS) is 12.0. The van der Waals surface area contributed by atoms with Crippen LogP contribution in [0.5, 0.6) is 11.5 Å². The van der Waals surface area contributed by atoms with Gasteiger partial charge in [-0.05, 0) is 31.2 Å². The van der Waals surface area contributed by atoms with Crippen LogP contribution < -0.4 is 15.8 Å². The summed E-state index contributed by atoms with van der Waals surface area (Å²) in [7, 11) is 0. The molecule has 22 heavy (non-hydrogen) atoms. The van der Waals surface area contributed by atoms with E-state index in [1.807, 2.05) is 0 Å². The Morgan fingerprint density at radius 1 is 1.36 bits per heavy atom. The van der Waals surface area contributed by atoms with Crippen LogP contribution in [-0.4, -0.2) is 34.5 Å². The second kappa shape index (κ2) is 7.79. The highest BCUT2D eigenvalue weighted by Crippen LogP contribution is 2.28. The van der Waals surface area contributed by atoms with Gasteiger partial charge in [0.2, 0.25) is 5.95 Å². The maximum Gasteiger partial charge on any atom is 0.222 e. The van der Waals surface area contributed by atoms with Gasteiger partial charge in [0.25, 0.3) is 0 Å². The predicted molar refractivity (Wildman–Crippen MR) is 84.1 cm³/mol. The summed E-state index contributed by atoms with van der Waals surface area (Å²) < 4.78 is 10.7. The second-order valence-electron chi connectivity index (χ2n) is 4.39. The fraction of sp³-hybridized carbons (Fsp3) is 0.286. The molecule has 118 valence electrons. The lowest BCUT2D eigenvalue weighted by Crippen LogP contribution is -2.16. The number of aliphatic hydroxyl groups is 1. The van der Waals surface area contributed by atoms with Crippen LogP contribution in [0, 0.1) is 0 Å². The molecule has 1 aromatic carbocycles. The molecule has 0 amide bonds. The Hall–Kier alpha value is -2.09. The first-order chi connectivity index (χ1) is 10.5. The minimum absolute atomic E-state index is 0.127. The maximum atomic E-state index is 9.03. The standard InChI is InChI=1S/C14H17ClN4O3/c1-9(20)21-7-6-17-13-12(8-18-14(16)19-13)22-11-4-2-10(15)3-5-11/h2-5,8-9,20H,6-7H2,1H3,(H3,16,17,18,19). The quantitative estimate of drug-likeness (QED) is 0.530. The zero-order valence-corrected chi connectivity index (χ0v) is 12.7. The average Bonchev–Trinajstić information content (AvgIpc) is 2.48. The number of halogens is 1. The maximum absolute atomic E-state index is 9.03. The Morgan fingerprint density at radius 3 is 2.77 bits per heavy atom. The summed E-state index contributed by atoms with van der Waals surface area (Å²) >= 11 is 5.83. The smallest absolute Gasteiger partial charge is 0.222 e. The molecule has 0 aliphatic heterocycles. The molecule has 0 aliphatic carbocycles. The molecule has 0 spiro atoms. The van der Waals surface area contributed by atoms with Crippen molar-refractivity contribution in [2.75, 3.05) is 24.2 Å². The number of hydrogen-bond acceptors (Lipinski definition) is 7. The van der Waals surface area contributed by atoms with Crippen LogP contribution in [0.2, 0.25) is 5.02 Å². The fourth-order valence-electron chi connectivity index (χ4n) is 1.61. The summed E-state index contributed by atoms with van der Waals surface area (Å²) in [5.41, 5.74) is 5.59. The van der Waals surface area contributed by atoms with Crippen molar-refractivity contribution in [1.82, 2.24) is 9.97 Å². The predicted octanol–water partition coefficient (Wildman–Crippen LogP) is 2.27. The molecule has 7 nitrogen and oxygen atoms in total. The van der Waals surface area contributed by atoms with Gasteiger partial charge in [0, 0.05) is 11.6 Å².